The van der Waals surface area contributed by atoms with Crippen LogP contribution < -0.4 is 0 Å². The van der Waals surface area contributed by atoms with E-state index in [4.69, 9.17) is 37.0 Å². The molecule has 0 rings (SSSR count). The Morgan fingerprint density at radius 3 is 0.752 bits per heavy atom. The molecule has 101 heavy (non-hydrogen) atoms. The number of hydrogen-bond acceptors (Lipinski definition) is 15. The second-order valence-corrected chi connectivity index (χ2v) is 33.6. The van der Waals surface area contributed by atoms with Crippen molar-refractivity contribution in [1.29, 1.82) is 0 Å². The van der Waals surface area contributed by atoms with Gasteiger partial charge < -0.3 is 33.8 Å². The van der Waals surface area contributed by atoms with E-state index in [1.807, 2.05) is 0 Å². The maximum Gasteiger partial charge on any atom is 0.472 e. The number of carbonyl (C=O) groups excluding carboxylic acids is 4. The van der Waals surface area contributed by atoms with E-state index in [-0.39, 0.29) is 25.7 Å². The van der Waals surface area contributed by atoms with Crippen LogP contribution in [0.25, 0.3) is 0 Å². The van der Waals surface area contributed by atoms with Crippen molar-refractivity contribution >= 4 is 39.5 Å². The van der Waals surface area contributed by atoms with Gasteiger partial charge in [-0.2, -0.15) is 0 Å². The van der Waals surface area contributed by atoms with Gasteiger partial charge in [0.15, 0.2) is 12.2 Å². The Labute approximate surface area is 619 Å². The van der Waals surface area contributed by atoms with Crippen molar-refractivity contribution in [3.05, 3.63) is 0 Å². The molecule has 17 nitrogen and oxygen atoms in total. The summed E-state index contributed by atoms with van der Waals surface area (Å²) in [5, 5.41) is 10.6. The number of hydrogen-bond donors (Lipinski definition) is 3. The molecule has 0 aromatic heterocycles. The van der Waals surface area contributed by atoms with Gasteiger partial charge in [0.1, 0.15) is 19.3 Å². The van der Waals surface area contributed by atoms with Gasteiger partial charge in [-0.3, -0.25) is 37.3 Å². The lowest BCUT2D eigenvalue weighted by Crippen LogP contribution is -2.30. The second-order valence-electron chi connectivity index (χ2n) is 30.7. The largest absolute Gasteiger partial charge is 0.472 e. The Hall–Kier alpha value is -1.94. The van der Waals surface area contributed by atoms with Crippen LogP contribution in [-0.4, -0.2) is 96.7 Å². The molecule has 0 aromatic rings. The molecule has 6 atom stereocenters. The smallest absolute Gasteiger partial charge is 0.462 e. The third-order valence-electron chi connectivity index (χ3n) is 19.5. The third-order valence-corrected chi connectivity index (χ3v) is 21.4. The predicted octanol–water partition coefficient (Wildman–Crippen LogP) is 24.5. The number of phosphoric ester groups is 2. The van der Waals surface area contributed by atoms with E-state index < -0.39 is 97.5 Å². The first kappa shape index (κ1) is 99.1. The summed E-state index contributed by atoms with van der Waals surface area (Å²) in [6.07, 6.45) is 61.5. The Morgan fingerprint density at radius 1 is 0.287 bits per heavy atom. The normalized spacial score (nSPS) is 14.2. The van der Waals surface area contributed by atoms with E-state index in [0.29, 0.717) is 25.7 Å². The summed E-state index contributed by atoms with van der Waals surface area (Å²) in [7, 11) is -9.91. The van der Waals surface area contributed by atoms with Gasteiger partial charge >= 0.3 is 39.5 Å². The molecule has 0 radical (unpaired) electrons. The molecular formula is C82H160O17P2. The van der Waals surface area contributed by atoms with E-state index >= 15 is 0 Å². The molecule has 0 spiro atoms. The highest BCUT2D eigenvalue weighted by Crippen LogP contribution is 2.45. The van der Waals surface area contributed by atoms with E-state index in [9.17, 15) is 43.2 Å². The zero-order valence-corrected chi connectivity index (χ0v) is 68.2. The average molecular weight is 1480 g/mol. The van der Waals surface area contributed by atoms with Crippen LogP contribution in [0.4, 0.5) is 0 Å². The number of carbonyl (C=O) groups is 4. The molecule has 0 aliphatic rings. The summed E-state index contributed by atoms with van der Waals surface area (Å²) in [4.78, 5) is 72.7. The molecule has 0 amide bonds. The summed E-state index contributed by atoms with van der Waals surface area (Å²) in [5.41, 5.74) is 0. The van der Waals surface area contributed by atoms with Gasteiger partial charge in [0.2, 0.25) is 0 Å². The van der Waals surface area contributed by atoms with E-state index in [1.54, 1.807) is 0 Å². The lowest BCUT2D eigenvalue weighted by atomic mass is 9.99. The number of esters is 4. The number of rotatable bonds is 80. The van der Waals surface area contributed by atoms with Crippen LogP contribution >= 0.6 is 15.6 Å². The zero-order valence-electron chi connectivity index (χ0n) is 66.4. The first-order valence-corrected chi connectivity index (χ1v) is 45.4. The topological polar surface area (TPSA) is 237 Å². The van der Waals surface area contributed by atoms with Crippen LogP contribution in [0.5, 0.6) is 0 Å². The highest BCUT2D eigenvalue weighted by molar-refractivity contribution is 7.47. The number of phosphoric acid groups is 2. The van der Waals surface area contributed by atoms with Crippen molar-refractivity contribution in [3.63, 3.8) is 0 Å². The van der Waals surface area contributed by atoms with Crippen molar-refractivity contribution < 1.29 is 80.2 Å². The quantitative estimate of drug-likeness (QED) is 0.0222. The fourth-order valence-corrected chi connectivity index (χ4v) is 14.2. The van der Waals surface area contributed by atoms with Gasteiger partial charge in [-0.1, -0.05) is 376 Å². The van der Waals surface area contributed by atoms with Crippen molar-refractivity contribution in [1.82, 2.24) is 0 Å². The maximum atomic E-state index is 13.1. The second kappa shape index (κ2) is 72.3. The highest BCUT2D eigenvalue weighted by Gasteiger charge is 2.30. The molecule has 0 aromatic carbocycles. The van der Waals surface area contributed by atoms with Gasteiger partial charge in [-0.15, -0.1) is 0 Å². The minimum absolute atomic E-state index is 0.106. The van der Waals surface area contributed by atoms with Crippen molar-refractivity contribution in [2.75, 3.05) is 39.6 Å². The summed E-state index contributed by atoms with van der Waals surface area (Å²) in [5.74, 6) is 0.339. The average Bonchev–Trinajstić information content (AvgIpc) is 0.940. The van der Waals surface area contributed by atoms with E-state index in [0.717, 1.165) is 114 Å². The molecule has 3 unspecified atom stereocenters. The Morgan fingerprint density at radius 2 is 0.505 bits per heavy atom. The fourth-order valence-electron chi connectivity index (χ4n) is 12.6. The lowest BCUT2D eigenvalue weighted by Gasteiger charge is -2.21. The molecule has 19 heteroatoms. The maximum absolute atomic E-state index is 13.1. The first-order chi connectivity index (χ1) is 48.8. The van der Waals surface area contributed by atoms with Gasteiger partial charge in [-0.25, -0.2) is 9.13 Å². The van der Waals surface area contributed by atoms with Crippen LogP contribution in [-0.2, 0) is 65.4 Å². The monoisotopic (exact) mass is 1480 g/mol. The predicted molar refractivity (Wildman–Crippen MR) is 414 cm³/mol. The van der Waals surface area contributed by atoms with Crippen molar-refractivity contribution in [3.8, 4) is 0 Å². The van der Waals surface area contributed by atoms with Crippen LogP contribution in [0.1, 0.15) is 427 Å². The molecule has 600 valence electrons. The lowest BCUT2D eigenvalue weighted by molar-refractivity contribution is -0.161. The third kappa shape index (κ3) is 74.7. The molecule has 3 N–H and O–H groups in total. The first-order valence-electron chi connectivity index (χ1n) is 42.4. The van der Waals surface area contributed by atoms with E-state index in [1.165, 1.54) is 231 Å². The van der Waals surface area contributed by atoms with Gasteiger partial charge in [0.25, 0.3) is 0 Å². The molecular weight excluding hydrogens is 1320 g/mol. The van der Waals surface area contributed by atoms with Crippen LogP contribution in [0.3, 0.4) is 0 Å². The Balaban J connectivity index is 5.12. The Bertz CT molecular complexity index is 1960. The minimum atomic E-state index is -4.96. The summed E-state index contributed by atoms with van der Waals surface area (Å²) < 4.78 is 68.5. The molecule has 0 fully saturated rings. The standard InChI is InChI=1S/C82H160O17P2/c1-8-10-11-46-56-63-79(84)92-69-77(98-81(86)65-59-52-45-39-33-27-26-29-35-41-48-54-61-74(5)6)71-96-100(88,89)94-67-76(83)68-95-101(90,91)97-72-78(70-93-80(85)64-57-50-43-37-31-24-20-17-16-18-22-28-34-40-47-53-60-73(3)4)99-82(87)66-58-51-44-38-32-25-21-15-13-12-14-19-23-30-36-42-49-55-62-75(7)9-2/h73-78,83H,8-72H2,1-7H3,(H,88,89)(H,90,91)/t75?,76-,77+,78+/m0/s1. The molecule has 0 saturated heterocycles. The fraction of sp³-hybridized carbons (Fsp3) is 0.951. The van der Waals surface area contributed by atoms with Crippen LogP contribution in [0.2, 0.25) is 0 Å². The van der Waals surface area contributed by atoms with Crippen molar-refractivity contribution in [2.45, 2.75) is 446 Å². The van der Waals surface area contributed by atoms with Gasteiger partial charge in [0, 0.05) is 25.7 Å². The highest BCUT2D eigenvalue weighted by atomic mass is 31.2. The number of ether oxygens (including phenoxy) is 4. The number of aliphatic hydroxyl groups is 1. The van der Waals surface area contributed by atoms with Crippen LogP contribution in [0.15, 0.2) is 0 Å². The minimum Gasteiger partial charge on any atom is -0.462 e. The summed E-state index contributed by atoms with van der Waals surface area (Å²) in [6.45, 7) is 12.0. The zero-order chi connectivity index (χ0) is 74.4. The van der Waals surface area contributed by atoms with Crippen molar-refractivity contribution in [2.24, 2.45) is 17.8 Å². The van der Waals surface area contributed by atoms with Crippen LogP contribution in [0, 0.1) is 17.8 Å². The summed E-state index contributed by atoms with van der Waals surface area (Å²) >= 11 is 0. The van der Waals surface area contributed by atoms with Gasteiger partial charge in [-0.05, 0) is 43.4 Å². The van der Waals surface area contributed by atoms with Gasteiger partial charge in [0.05, 0.1) is 26.4 Å². The molecule has 0 aliphatic heterocycles. The number of aliphatic hydroxyl groups excluding tert-OH is 1. The molecule has 0 aliphatic carbocycles. The molecule has 0 heterocycles. The SMILES string of the molecule is CCCCCCCC(=O)OC[C@H](COP(=O)(O)OC[C@H](O)COP(=O)(O)OC[C@@H](COC(=O)CCCCCCCCCCCCCCCCCCC(C)C)OC(=O)CCCCCCCCCCCCCCCCCCCCC(C)CC)OC(=O)CCCCCCCCCCCCCCC(C)C. The molecule has 0 saturated carbocycles. The Kier molecular flexibility index (Phi) is 70.9. The number of unbranched alkanes of at least 4 members (excludes halogenated alkanes) is 47. The van der Waals surface area contributed by atoms with E-state index in [2.05, 4.69) is 48.5 Å². The summed E-state index contributed by atoms with van der Waals surface area (Å²) in [6, 6.07) is 0. The molecule has 0 bridgehead atoms.